The van der Waals surface area contributed by atoms with E-state index in [9.17, 15) is 22.8 Å². The lowest BCUT2D eigenvalue weighted by atomic mass is 10.0. The summed E-state index contributed by atoms with van der Waals surface area (Å²) in [5.74, 6) is -4.13. The predicted octanol–water partition coefficient (Wildman–Crippen LogP) is 4.81. The number of carbonyl (C=O) groups excluding carboxylic acids is 2. The van der Waals surface area contributed by atoms with Crippen LogP contribution < -0.4 is 10.2 Å². The topological polar surface area (TPSA) is 49.4 Å². The highest BCUT2D eigenvalue weighted by atomic mass is 19.2. The molecule has 7 heteroatoms. The number of halogens is 3. The van der Waals surface area contributed by atoms with E-state index in [4.69, 9.17) is 0 Å². The van der Waals surface area contributed by atoms with Crippen LogP contribution >= 0.6 is 0 Å². The van der Waals surface area contributed by atoms with Crippen LogP contribution in [0, 0.1) is 24.4 Å². The Morgan fingerprint density at radius 2 is 1.43 bits per heavy atom. The molecule has 1 aliphatic rings. The van der Waals surface area contributed by atoms with Crippen LogP contribution in [0.25, 0.3) is 5.57 Å². The minimum absolute atomic E-state index is 0.0415. The number of rotatable bonds is 4. The molecule has 0 saturated carbocycles. The summed E-state index contributed by atoms with van der Waals surface area (Å²) < 4.78 is 40.3. The van der Waals surface area contributed by atoms with Gasteiger partial charge in [-0.2, -0.15) is 0 Å². The van der Waals surface area contributed by atoms with Crippen molar-refractivity contribution in [3.05, 3.63) is 101 Å². The molecule has 30 heavy (non-hydrogen) atoms. The Kier molecular flexibility index (Phi) is 4.87. The molecule has 0 aromatic heterocycles. The maximum absolute atomic E-state index is 13.7. The first-order chi connectivity index (χ1) is 14.3. The molecule has 1 heterocycles. The number of carbonyl (C=O) groups is 2. The van der Waals surface area contributed by atoms with Crippen molar-refractivity contribution < 1.29 is 22.8 Å². The first kappa shape index (κ1) is 19.4. The molecule has 0 atom stereocenters. The summed E-state index contributed by atoms with van der Waals surface area (Å²) in [6, 6.07) is 15.0. The molecular weight excluding hydrogens is 393 g/mol. The Morgan fingerprint density at radius 3 is 2.07 bits per heavy atom. The van der Waals surface area contributed by atoms with Crippen molar-refractivity contribution in [2.24, 2.45) is 0 Å². The molecule has 4 rings (SSSR count). The van der Waals surface area contributed by atoms with Crippen molar-refractivity contribution in [1.29, 1.82) is 0 Å². The molecular formula is C23H15F3N2O2. The summed E-state index contributed by atoms with van der Waals surface area (Å²) in [5, 5.41) is 2.87. The first-order valence-corrected chi connectivity index (χ1v) is 9.03. The van der Waals surface area contributed by atoms with Gasteiger partial charge in [-0.15, -0.1) is 0 Å². The summed E-state index contributed by atoms with van der Waals surface area (Å²) in [5.41, 5.74) is 1.78. The average molecular weight is 408 g/mol. The zero-order valence-corrected chi connectivity index (χ0v) is 15.7. The number of benzene rings is 3. The van der Waals surface area contributed by atoms with E-state index < -0.39 is 29.3 Å². The van der Waals surface area contributed by atoms with Crippen LogP contribution in [0.1, 0.15) is 11.1 Å². The van der Waals surface area contributed by atoms with Gasteiger partial charge in [0.25, 0.3) is 11.8 Å². The van der Waals surface area contributed by atoms with Gasteiger partial charge < -0.3 is 5.32 Å². The molecule has 150 valence electrons. The second-order valence-corrected chi connectivity index (χ2v) is 6.79. The summed E-state index contributed by atoms with van der Waals surface area (Å²) in [6.07, 6.45) is 0. The van der Waals surface area contributed by atoms with Crippen LogP contribution in [-0.2, 0) is 9.59 Å². The van der Waals surface area contributed by atoms with Gasteiger partial charge in [-0.1, -0.05) is 29.8 Å². The van der Waals surface area contributed by atoms with Crippen LogP contribution in [-0.4, -0.2) is 11.8 Å². The van der Waals surface area contributed by atoms with E-state index in [1.165, 1.54) is 24.3 Å². The lowest BCUT2D eigenvalue weighted by Gasteiger charge is -2.15. The zero-order valence-electron chi connectivity index (χ0n) is 15.7. The van der Waals surface area contributed by atoms with Crippen LogP contribution in [0.5, 0.6) is 0 Å². The molecule has 3 aromatic carbocycles. The number of anilines is 2. The predicted molar refractivity (Wildman–Crippen MR) is 107 cm³/mol. The van der Waals surface area contributed by atoms with Crippen molar-refractivity contribution in [1.82, 2.24) is 0 Å². The minimum atomic E-state index is -1.18. The Morgan fingerprint density at radius 1 is 0.767 bits per heavy atom. The third-order valence-corrected chi connectivity index (χ3v) is 4.70. The van der Waals surface area contributed by atoms with Crippen LogP contribution in [0.15, 0.2) is 72.4 Å². The van der Waals surface area contributed by atoms with Crippen molar-refractivity contribution in [2.45, 2.75) is 6.92 Å². The van der Waals surface area contributed by atoms with Crippen molar-refractivity contribution in [3.63, 3.8) is 0 Å². The Hall–Kier alpha value is -3.87. The monoisotopic (exact) mass is 408 g/mol. The number of hydrogen-bond acceptors (Lipinski definition) is 3. The van der Waals surface area contributed by atoms with Crippen molar-refractivity contribution in [2.75, 3.05) is 10.2 Å². The van der Waals surface area contributed by atoms with Gasteiger partial charge >= 0.3 is 0 Å². The molecule has 0 aliphatic carbocycles. The highest BCUT2D eigenvalue weighted by Crippen LogP contribution is 2.34. The van der Waals surface area contributed by atoms with Crippen molar-refractivity contribution >= 4 is 28.8 Å². The fourth-order valence-electron chi connectivity index (χ4n) is 3.17. The zero-order chi connectivity index (χ0) is 21.4. The van der Waals surface area contributed by atoms with Gasteiger partial charge in [-0.25, -0.2) is 18.1 Å². The van der Waals surface area contributed by atoms with Crippen LogP contribution in [0.3, 0.4) is 0 Å². The summed E-state index contributed by atoms with van der Waals surface area (Å²) in [7, 11) is 0. The van der Waals surface area contributed by atoms with Gasteiger partial charge in [-0.05, 0) is 48.9 Å². The second-order valence-electron chi connectivity index (χ2n) is 6.79. The molecule has 0 radical (unpaired) electrons. The molecule has 0 saturated heterocycles. The first-order valence-electron chi connectivity index (χ1n) is 9.03. The van der Waals surface area contributed by atoms with Gasteiger partial charge in [0.05, 0.1) is 11.3 Å². The highest BCUT2D eigenvalue weighted by molar-refractivity contribution is 6.46. The van der Waals surface area contributed by atoms with Crippen LogP contribution in [0.2, 0.25) is 0 Å². The highest BCUT2D eigenvalue weighted by Gasteiger charge is 2.40. The molecule has 0 unspecified atom stereocenters. The summed E-state index contributed by atoms with van der Waals surface area (Å²) in [6.45, 7) is 1.88. The molecule has 3 aromatic rings. The quantitative estimate of drug-likeness (QED) is 0.631. The summed E-state index contributed by atoms with van der Waals surface area (Å²) >= 11 is 0. The third kappa shape index (κ3) is 3.45. The smallest absolute Gasteiger partial charge is 0.282 e. The lowest BCUT2D eigenvalue weighted by Crippen LogP contribution is -2.32. The Bertz CT molecular complexity index is 1190. The number of imide groups is 1. The number of aryl methyl sites for hydroxylation is 1. The molecule has 0 spiro atoms. The fourth-order valence-corrected chi connectivity index (χ4v) is 3.17. The number of nitrogens with zero attached hydrogens (tertiary/aromatic N) is 1. The molecule has 0 fully saturated rings. The van der Waals surface area contributed by atoms with E-state index in [-0.39, 0.29) is 17.0 Å². The van der Waals surface area contributed by atoms with E-state index >= 15 is 0 Å². The second kappa shape index (κ2) is 7.51. The number of hydrogen-bond donors (Lipinski definition) is 1. The Balaban J connectivity index is 1.82. The van der Waals surface area contributed by atoms with Gasteiger partial charge in [0.15, 0.2) is 11.6 Å². The van der Waals surface area contributed by atoms with Gasteiger partial charge in [-0.3, -0.25) is 9.59 Å². The van der Waals surface area contributed by atoms with Crippen molar-refractivity contribution in [3.8, 4) is 0 Å². The number of nitrogens with one attached hydrogen (secondary N) is 1. The van der Waals surface area contributed by atoms with Gasteiger partial charge in [0, 0.05) is 11.8 Å². The molecule has 1 N–H and O–H groups in total. The van der Waals surface area contributed by atoms with E-state index in [1.807, 2.05) is 6.92 Å². The molecule has 1 aliphatic heterocycles. The van der Waals surface area contributed by atoms with Crippen LogP contribution in [0.4, 0.5) is 24.5 Å². The third-order valence-electron chi connectivity index (χ3n) is 4.70. The van der Waals surface area contributed by atoms with Gasteiger partial charge in [0.1, 0.15) is 11.5 Å². The molecule has 0 bridgehead atoms. The van der Waals surface area contributed by atoms with E-state index in [1.54, 1.807) is 24.3 Å². The van der Waals surface area contributed by atoms with E-state index in [2.05, 4.69) is 5.32 Å². The standard InChI is InChI=1S/C23H15F3N2O2/c1-13-2-4-14(5-3-13)20-21(27-16-8-6-15(24)7-9-16)23(30)28(22(20)29)17-10-11-18(25)19(26)12-17/h2-12,27H,1H3. The lowest BCUT2D eigenvalue weighted by molar-refractivity contribution is -0.120. The maximum atomic E-state index is 13.7. The molecule has 4 nitrogen and oxygen atoms in total. The van der Waals surface area contributed by atoms with E-state index in [0.29, 0.717) is 11.3 Å². The SMILES string of the molecule is Cc1ccc(C2=C(Nc3ccc(F)cc3)C(=O)N(c3ccc(F)c(F)c3)C2=O)cc1. The number of amides is 2. The average Bonchev–Trinajstić information content (AvgIpc) is 2.96. The summed E-state index contributed by atoms with van der Waals surface area (Å²) in [4.78, 5) is 27.1. The van der Waals surface area contributed by atoms with Gasteiger partial charge in [0.2, 0.25) is 0 Å². The minimum Gasteiger partial charge on any atom is -0.350 e. The Labute approximate surface area is 170 Å². The molecule has 2 amide bonds. The maximum Gasteiger partial charge on any atom is 0.282 e. The van der Waals surface area contributed by atoms with E-state index in [0.717, 1.165) is 28.7 Å². The normalized spacial score (nSPS) is 13.9. The largest absolute Gasteiger partial charge is 0.350 e. The fraction of sp³-hybridized carbons (Fsp3) is 0.0435.